The summed E-state index contributed by atoms with van der Waals surface area (Å²) in [7, 11) is 0. The Kier molecular flexibility index (Phi) is 6.14. The average molecular weight is 356 g/mol. The van der Waals surface area contributed by atoms with Gasteiger partial charge in [-0.2, -0.15) is 0 Å². The average Bonchev–Trinajstić information content (AvgIpc) is 2.56. The van der Waals surface area contributed by atoms with Crippen LogP contribution in [0.3, 0.4) is 0 Å². The molecule has 2 amide bonds. The highest BCUT2D eigenvalue weighted by atomic mass is 19.1. The lowest BCUT2D eigenvalue weighted by atomic mass is 9.86. The van der Waals surface area contributed by atoms with Crippen LogP contribution >= 0.6 is 0 Å². The minimum absolute atomic E-state index is 0.0758. The van der Waals surface area contributed by atoms with Crippen molar-refractivity contribution in [2.24, 2.45) is 0 Å². The number of anilines is 2. The first kappa shape index (κ1) is 19.6. The van der Waals surface area contributed by atoms with E-state index < -0.39 is 5.82 Å². The van der Waals surface area contributed by atoms with Gasteiger partial charge in [-0.25, -0.2) is 4.39 Å². The minimum Gasteiger partial charge on any atom is -0.326 e. The lowest BCUT2D eigenvalue weighted by Gasteiger charge is -2.24. The van der Waals surface area contributed by atoms with Gasteiger partial charge < -0.3 is 10.2 Å². The van der Waals surface area contributed by atoms with Crippen LogP contribution in [0.25, 0.3) is 0 Å². The Hall–Kier alpha value is -2.69. The Balaban J connectivity index is 2.09. The highest BCUT2D eigenvalue weighted by Gasteiger charge is 2.20. The van der Waals surface area contributed by atoms with Crippen LogP contribution in [0.1, 0.15) is 39.7 Å². The van der Waals surface area contributed by atoms with Crippen molar-refractivity contribution in [1.82, 2.24) is 0 Å². The Morgan fingerprint density at radius 1 is 1.04 bits per heavy atom. The molecule has 0 spiro atoms. The van der Waals surface area contributed by atoms with E-state index >= 15 is 0 Å². The summed E-state index contributed by atoms with van der Waals surface area (Å²) in [5, 5.41) is 2.91. The molecule has 0 saturated heterocycles. The van der Waals surface area contributed by atoms with Crippen molar-refractivity contribution in [3.63, 3.8) is 0 Å². The molecule has 2 rings (SSSR count). The van der Waals surface area contributed by atoms with Crippen molar-refractivity contribution < 1.29 is 14.0 Å². The molecule has 26 heavy (non-hydrogen) atoms. The third-order valence-corrected chi connectivity index (χ3v) is 4.09. The van der Waals surface area contributed by atoms with Gasteiger partial charge in [-0.15, -0.1) is 0 Å². The van der Waals surface area contributed by atoms with Gasteiger partial charge >= 0.3 is 0 Å². The molecule has 0 atom stereocenters. The van der Waals surface area contributed by atoms with Crippen LogP contribution in [-0.4, -0.2) is 18.4 Å². The van der Waals surface area contributed by atoms with Crippen LogP contribution in [0.5, 0.6) is 0 Å². The maximum Gasteiger partial charge on any atom is 0.226 e. The largest absolute Gasteiger partial charge is 0.326 e. The molecule has 0 aliphatic heterocycles. The summed E-state index contributed by atoms with van der Waals surface area (Å²) in [6.45, 7) is 7.70. The van der Waals surface area contributed by atoms with Crippen molar-refractivity contribution in [1.29, 1.82) is 0 Å². The predicted octanol–water partition coefficient (Wildman–Crippen LogP) is 4.50. The van der Waals surface area contributed by atoms with E-state index in [0.717, 1.165) is 11.3 Å². The van der Waals surface area contributed by atoms with Gasteiger partial charge in [0.05, 0.1) is 5.69 Å². The summed E-state index contributed by atoms with van der Waals surface area (Å²) in [5.41, 5.74) is 1.86. The van der Waals surface area contributed by atoms with Crippen LogP contribution in [-0.2, 0) is 15.0 Å². The topological polar surface area (TPSA) is 49.4 Å². The summed E-state index contributed by atoms with van der Waals surface area (Å²) >= 11 is 0. The number of hydrogen-bond acceptors (Lipinski definition) is 2. The molecule has 0 fully saturated rings. The monoisotopic (exact) mass is 356 g/mol. The van der Waals surface area contributed by atoms with Crippen molar-refractivity contribution in [3.8, 4) is 0 Å². The molecule has 0 aromatic heterocycles. The second kappa shape index (κ2) is 8.13. The molecule has 0 aliphatic rings. The van der Waals surface area contributed by atoms with Gasteiger partial charge in [0.15, 0.2) is 0 Å². The normalized spacial score (nSPS) is 11.1. The standard InChI is InChI=1S/C21H25FN2O2/c1-15(25)24(19-12-8-6-10-17(19)22)14-13-20(26)23-18-11-7-5-9-16(18)21(2,3)4/h5-12H,13-14H2,1-4H3,(H,23,26). The zero-order valence-electron chi connectivity index (χ0n) is 15.7. The maximum absolute atomic E-state index is 14.0. The van der Waals surface area contributed by atoms with Crippen LogP contribution < -0.4 is 10.2 Å². The van der Waals surface area contributed by atoms with Gasteiger partial charge in [0.1, 0.15) is 5.82 Å². The van der Waals surface area contributed by atoms with Crippen LogP contribution in [0.15, 0.2) is 48.5 Å². The second-order valence-corrected chi connectivity index (χ2v) is 7.22. The molecule has 2 aromatic carbocycles. The minimum atomic E-state index is -0.485. The Morgan fingerprint density at radius 3 is 2.27 bits per heavy atom. The van der Waals surface area contributed by atoms with Crippen molar-refractivity contribution >= 4 is 23.2 Å². The van der Waals surface area contributed by atoms with Crippen molar-refractivity contribution in [2.45, 2.75) is 39.5 Å². The summed E-state index contributed by atoms with van der Waals surface area (Å²) in [6.07, 6.45) is 0.0758. The molecule has 4 nitrogen and oxygen atoms in total. The molecule has 0 saturated carbocycles. The summed E-state index contributed by atoms with van der Waals surface area (Å²) in [4.78, 5) is 25.6. The number of carbonyl (C=O) groups excluding carboxylic acids is 2. The zero-order chi connectivity index (χ0) is 19.3. The van der Waals surface area contributed by atoms with Gasteiger partial charge in [0, 0.05) is 25.6 Å². The second-order valence-electron chi connectivity index (χ2n) is 7.22. The third kappa shape index (κ3) is 4.91. The van der Waals surface area contributed by atoms with E-state index in [1.807, 2.05) is 24.3 Å². The van der Waals surface area contributed by atoms with Crippen LogP contribution in [0.2, 0.25) is 0 Å². The first-order valence-electron chi connectivity index (χ1n) is 8.62. The smallest absolute Gasteiger partial charge is 0.226 e. The number of benzene rings is 2. The van der Waals surface area contributed by atoms with E-state index in [4.69, 9.17) is 0 Å². The molecule has 0 unspecified atom stereocenters. The third-order valence-electron chi connectivity index (χ3n) is 4.09. The van der Waals surface area contributed by atoms with Gasteiger partial charge in [-0.1, -0.05) is 51.1 Å². The van der Waals surface area contributed by atoms with E-state index in [1.165, 1.54) is 24.0 Å². The SMILES string of the molecule is CC(=O)N(CCC(=O)Nc1ccccc1C(C)(C)C)c1ccccc1F. The fraction of sp³-hybridized carbons (Fsp3) is 0.333. The lowest BCUT2D eigenvalue weighted by molar-refractivity contribution is -0.117. The van der Waals surface area contributed by atoms with Gasteiger partial charge in [-0.05, 0) is 29.2 Å². The molecule has 5 heteroatoms. The first-order chi connectivity index (χ1) is 12.2. The van der Waals surface area contributed by atoms with E-state index in [1.54, 1.807) is 12.1 Å². The van der Waals surface area contributed by atoms with Gasteiger partial charge in [-0.3, -0.25) is 9.59 Å². The van der Waals surface area contributed by atoms with Gasteiger partial charge in [0.2, 0.25) is 11.8 Å². The molecule has 0 radical (unpaired) electrons. The molecule has 0 aliphatic carbocycles. The molecule has 2 aromatic rings. The Morgan fingerprint density at radius 2 is 1.65 bits per heavy atom. The van der Waals surface area contributed by atoms with Crippen LogP contribution in [0.4, 0.5) is 15.8 Å². The summed E-state index contributed by atoms with van der Waals surface area (Å²) in [5.74, 6) is -1.01. The summed E-state index contributed by atoms with van der Waals surface area (Å²) in [6, 6.07) is 13.7. The number of nitrogens with one attached hydrogen (secondary N) is 1. The number of halogens is 1. The number of rotatable bonds is 5. The number of nitrogens with zero attached hydrogens (tertiary/aromatic N) is 1. The molecular weight excluding hydrogens is 331 g/mol. The Bertz CT molecular complexity index is 797. The fourth-order valence-corrected chi connectivity index (χ4v) is 2.79. The van der Waals surface area contributed by atoms with E-state index in [9.17, 15) is 14.0 Å². The van der Waals surface area contributed by atoms with Crippen molar-refractivity contribution in [3.05, 3.63) is 59.9 Å². The predicted molar refractivity (Wildman–Crippen MR) is 103 cm³/mol. The molecule has 138 valence electrons. The van der Waals surface area contributed by atoms with Gasteiger partial charge in [0.25, 0.3) is 0 Å². The summed E-state index contributed by atoms with van der Waals surface area (Å²) < 4.78 is 14.0. The van der Waals surface area contributed by atoms with Crippen LogP contribution in [0, 0.1) is 5.82 Å². The number of hydrogen-bond donors (Lipinski definition) is 1. The molecule has 0 bridgehead atoms. The quantitative estimate of drug-likeness (QED) is 0.857. The molecule has 1 N–H and O–H groups in total. The Labute approximate surface area is 154 Å². The van der Waals surface area contributed by atoms with E-state index in [2.05, 4.69) is 26.1 Å². The fourth-order valence-electron chi connectivity index (χ4n) is 2.79. The van der Waals surface area contributed by atoms with Crippen molar-refractivity contribution in [2.75, 3.05) is 16.8 Å². The number of carbonyl (C=O) groups is 2. The number of amides is 2. The first-order valence-corrected chi connectivity index (χ1v) is 8.62. The zero-order valence-corrected chi connectivity index (χ0v) is 15.7. The van der Waals surface area contributed by atoms with E-state index in [0.29, 0.717) is 0 Å². The molecular formula is C21H25FN2O2. The molecule has 0 heterocycles. The lowest BCUT2D eigenvalue weighted by Crippen LogP contribution is -2.32. The maximum atomic E-state index is 14.0. The number of para-hydroxylation sites is 2. The highest BCUT2D eigenvalue weighted by Crippen LogP contribution is 2.29. The van der Waals surface area contributed by atoms with E-state index in [-0.39, 0.29) is 35.9 Å². The highest BCUT2D eigenvalue weighted by molar-refractivity contribution is 5.95.